The summed E-state index contributed by atoms with van der Waals surface area (Å²) in [6.07, 6.45) is 4.99. The van der Waals surface area contributed by atoms with Gasteiger partial charge < -0.3 is 15.4 Å². The average Bonchev–Trinajstić information content (AvgIpc) is 2.99. The van der Waals surface area contributed by atoms with Crippen molar-refractivity contribution in [2.24, 2.45) is 0 Å². The number of imidazole rings is 1. The minimum absolute atomic E-state index is 0.206. The lowest BCUT2D eigenvalue weighted by Crippen LogP contribution is -2.49. The van der Waals surface area contributed by atoms with Gasteiger partial charge in [-0.25, -0.2) is 9.78 Å². The van der Waals surface area contributed by atoms with E-state index in [1.54, 1.807) is 6.20 Å². The first-order valence-corrected chi connectivity index (χ1v) is 6.28. The van der Waals surface area contributed by atoms with Crippen LogP contribution in [0.25, 0.3) is 0 Å². The molecule has 104 valence electrons. The van der Waals surface area contributed by atoms with Gasteiger partial charge in [0.05, 0.1) is 12.4 Å². The fraction of sp³-hybridized carbons (Fsp3) is 0.583. The second-order valence-electron chi connectivity index (χ2n) is 4.82. The molecule has 0 radical (unpaired) electrons. The summed E-state index contributed by atoms with van der Waals surface area (Å²) in [5.41, 5.74) is 0.687. The lowest BCUT2D eigenvalue weighted by molar-refractivity contribution is -0.142. The Bertz CT molecular complexity index is 446. The first-order chi connectivity index (χ1) is 9.08. The lowest BCUT2D eigenvalue weighted by Gasteiger charge is -2.21. The summed E-state index contributed by atoms with van der Waals surface area (Å²) in [5, 5.41) is 11.8. The standard InChI is InChI=1S/C12H18N4O3/c1-16-4-2-3-10(16)11(17)15-9(12(18)19)5-8-6-13-7-14-8/h6-7,9-10H,2-5H2,1H3,(H,13,14)(H,15,17)(H,18,19)/t9-,10-/m0/s1. The number of aromatic amines is 1. The number of aromatic nitrogens is 2. The molecule has 7 nitrogen and oxygen atoms in total. The smallest absolute Gasteiger partial charge is 0.326 e. The summed E-state index contributed by atoms with van der Waals surface area (Å²) in [7, 11) is 1.88. The van der Waals surface area contributed by atoms with Crippen LogP contribution < -0.4 is 5.32 Å². The van der Waals surface area contributed by atoms with Gasteiger partial charge in [-0.1, -0.05) is 0 Å². The van der Waals surface area contributed by atoms with Gasteiger partial charge in [0, 0.05) is 18.3 Å². The van der Waals surface area contributed by atoms with E-state index >= 15 is 0 Å². The molecule has 0 saturated carbocycles. The molecule has 0 unspecified atom stereocenters. The van der Waals surface area contributed by atoms with Crippen LogP contribution in [0.2, 0.25) is 0 Å². The predicted octanol–water partition coefficient (Wildman–Crippen LogP) is -0.384. The normalized spacial score (nSPS) is 21.2. The first-order valence-electron chi connectivity index (χ1n) is 6.28. The van der Waals surface area contributed by atoms with Crippen molar-refractivity contribution in [3.8, 4) is 0 Å². The summed E-state index contributed by atoms with van der Waals surface area (Å²) < 4.78 is 0. The molecule has 0 aliphatic carbocycles. The Morgan fingerprint density at radius 2 is 2.47 bits per heavy atom. The summed E-state index contributed by atoms with van der Waals surface area (Å²) in [6, 6.07) is -1.15. The zero-order chi connectivity index (χ0) is 13.8. The van der Waals surface area contributed by atoms with Gasteiger partial charge in [0.25, 0.3) is 0 Å². The number of likely N-dealkylation sites (tertiary alicyclic amines) is 1. The number of likely N-dealkylation sites (N-methyl/N-ethyl adjacent to an activating group) is 1. The van der Waals surface area contributed by atoms with E-state index in [-0.39, 0.29) is 18.4 Å². The summed E-state index contributed by atoms with van der Waals surface area (Å²) in [5.74, 6) is -1.25. The zero-order valence-corrected chi connectivity index (χ0v) is 10.8. The lowest BCUT2D eigenvalue weighted by atomic mass is 10.1. The predicted molar refractivity (Wildman–Crippen MR) is 67.5 cm³/mol. The Hall–Kier alpha value is -1.89. The molecule has 7 heteroatoms. The molecule has 1 aromatic heterocycles. The van der Waals surface area contributed by atoms with Crippen molar-refractivity contribution in [1.29, 1.82) is 0 Å². The molecule has 2 rings (SSSR count). The molecule has 1 aliphatic rings. The molecule has 1 aliphatic heterocycles. The second-order valence-corrected chi connectivity index (χ2v) is 4.82. The number of carbonyl (C=O) groups is 2. The van der Waals surface area contributed by atoms with E-state index in [1.807, 2.05) is 11.9 Å². The number of amides is 1. The van der Waals surface area contributed by atoms with E-state index in [0.717, 1.165) is 19.4 Å². The van der Waals surface area contributed by atoms with Crippen LogP contribution in [0.15, 0.2) is 12.5 Å². The third-order valence-electron chi connectivity index (χ3n) is 3.42. The third kappa shape index (κ3) is 3.31. The van der Waals surface area contributed by atoms with Crippen molar-refractivity contribution in [3.05, 3.63) is 18.2 Å². The molecule has 0 bridgehead atoms. The SMILES string of the molecule is CN1CCC[C@H]1C(=O)N[C@@H](Cc1cnc[nH]1)C(=O)O. The maximum atomic E-state index is 12.1. The number of H-pyrrole nitrogens is 1. The van der Waals surface area contributed by atoms with Crippen molar-refractivity contribution >= 4 is 11.9 Å². The highest BCUT2D eigenvalue weighted by molar-refractivity contribution is 5.87. The molecule has 1 fully saturated rings. The van der Waals surface area contributed by atoms with Crippen LogP contribution in [0, 0.1) is 0 Å². The second kappa shape index (κ2) is 5.83. The van der Waals surface area contributed by atoms with Crippen LogP contribution in [0.4, 0.5) is 0 Å². The van der Waals surface area contributed by atoms with E-state index in [2.05, 4.69) is 15.3 Å². The van der Waals surface area contributed by atoms with E-state index in [1.165, 1.54) is 6.33 Å². The van der Waals surface area contributed by atoms with Crippen molar-refractivity contribution in [2.75, 3.05) is 13.6 Å². The molecule has 1 saturated heterocycles. The quantitative estimate of drug-likeness (QED) is 0.674. The maximum absolute atomic E-state index is 12.1. The number of hydrogen-bond acceptors (Lipinski definition) is 4. The number of nitrogens with zero attached hydrogens (tertiary/aromatic N) is 2. The number of carboxylic acids is 1. The molecule has 0 aromatic carbocycles. The van der Waals surface area contributed by atoms with Gasteiger partial charge in [-0.2, -0.15) is 0 Å². The van der Waals surface area contributed by atoms with Gasteiger partial charge in [-0.05, 0) is 26.4 Å². The van der Waals surface area contributed by atoms with Crippen LogP contribution in [0.1, 0.15) is 18.5 Å². The minimum atomic E-state index is -1.04. The van der Waals surface area contributed by atoms with Crippen LogP contribution >= 0.6 is 0 Å². The highest BCUT2D eigenvalue weighted by atomic mass is 16.4. The van der Waals surface area contributed by atoms with E-state index in [9.17, 15) is 9.59 Å². The highest BCUT2D eigenvalue weighted by Gasteiger charge is 2.31. The van der Waals surface area contributed by atoms with Crippen molar-refractivity contribution < 1.29 is 14.7 Å². The first kappa shape index (κ1) is 13.5. The number of aliphatic carboxylic acids is 1. The van der Waals surface area contributed by atoms with Gasteiger partial charge in [0.1, 0.15) is 6.04 Å². The van der Waals surface area contributed by atoms with Crippen LogP contribution in [0.3, 0.4) is 0 Å². The molecular weight excluding hydrogens is 248 g/mol. The van der Waals surface area contributed by atoms with Gasteiger partial charge in [-0.15, -0.1) is 0 Å². The molecular formula is C12H18N4O3. The topological polar surface area (TPSA) is 98.3 Å². The van der Waals surface area contributed by atoms with Gasteiger partial charge in [-0.3, -0.25) is 9.69 Å². The molecule has 1 aromatic rings. The Morgan fingerprint density at radius 3 is 3.00 bits per heavy atom. The average molecular weight is 266 g/mol. The Labute approximate surface area is 111 Å². The zero-order valence-electron chi connectivity index (χ0n) is 10.8. The molecule has 2 heterocycles. The molecule has 2 atom stereocenters. The summed E-state index contributed by atoms with van der Waals surface area (Å²) >= 11 is 0. The minimum Gasteiger partial charge on any atom is -0.480 e. The highest BCUT2D eigenvalue weighted by Crippen LogP contribution is 2.15. The Balaban J connectivity index is 1.96. The summed E-state index contributed by atoms with van der Waals surface area (Å²) in [6.45, 7) is 0.871. The molecule has 19 heavy (non-hydrogen) atoms. The maximum Gasteiger partial charge on any atom is 0.326 e. The van der Waals surface area contributed by atoms with E-state index < -0.39 is 12.0 Å². The van der Waals surface area contributed by atoms with Gasteiger partial charge >= 0.3 is 5.97 Å². The van der Waals surface area contributed by atoms with Crippen molar-refractivity contribution in [1.82, 2.24) is 20.2 Å². The Morgan fingerprint density at radius 1 is 1.68 bits per heavy atom. The van der Waals surface area contributed by atoms with Gasteiger partial charge in [0.2, 0.25) is 5.91 Å². The van der Waals surface area contributed by atoms with Gasteiger partial charge in [0.15, 0.2) is 0 Å². The summed E-state index contributed by atoms with van der Waals surface area (Å²) in [4.78, 5) is 31.9. The largest absolute Gasteiger partial charge is 0.480 e. The molecule has 0 spiro atoms. The number of carboxylic acid groups (broad SMARTS) is 1. The van der Waals surface area contributed by atoms with Crippen molar-refractivity contribution in [3.63, 3.8) is 0 Å². The Kier molecular flexibility index (Phi) is 4.16. The molecule has 3 N–H and O–H groups in total. The fourth-order valence-corrected chi connectivity index (χ4v) is 2.33. The van der Waals surface area contributed by atoms with Crippen LogP contribution in [0.5, 0.6) is 0 Å². The third-order valence-corrected chi connectivity index (χ3v) is 3.42. The monoisotopic (exact) mass is 266 g/mol. The number of hydrogen-bond donors (Lipinski definition) is 3. The number of rotatable bonds is 5. The molecule has 1 amide bonds. The number of carbonyl (C=O) groups excluding carboxylic acids is 1. The van der Waals surface area contributed by atoms with Crippen LogP contribution in [-0.4, -0.2) is 57.5 Å². The van der Waals surface area contributed by atoms with Crippen molar-refractivity contribution in [2.45, 2.75) is 31.3 Å². The van der Waals surface area contributed by atoms with E-state index in [0.29, 0.717) is 5.69 Å². The van der Waals surface area contributed by atoms with Crippen LogP contribution in [-0.2, 0) is 16.0 Å². The van der Waals surface area contributed by atoms with E-state index in [4.69, 9.17) is 5.11 Å². The fourth-order valence-electron chi connectivity index (χ4n) is 2.33. The number of nitrogens with one attached hydrogen (secondary N) is 2.